The molecule has 2 aromatic carbocycles. The van der Waals surface area contributed by atoms with E-state index < -0.39 is 0 Å². The normalized spacial score (nSPS) is 12.0. The third-order valence-electron chi connectivity index (χ3n) is 4.42. The minimum Gasteiger partial charge on any atom is -0.278 e. The molecule has 0 unspecified atom stereocenters. The number of quaternary nitrogens is 2. The molecular formula is C23H32N2+2. The predicted molar refractivity (Wildman–Crippen MR) is 110 cm³/mol. The molecule has 0 heterocycles. The van der Waals surface area contributed by atoms with Gasteiger partial charge in [-0.05, 0) is 11.1 Å². The fourth-order valence-corrected chi connectivity index (χ4v) is 3.64. The Labute approximate surface area is 153 Å². The van der Waals surface area contributed by atoms with Crippen LogP contribution in [0, 0.1) is 0 Å². The van der Waals surface area contributed by atoms with E-state index in [1.807, 2.05) is 12.2 Å². The van der Waals surface area contributed by atoms with Crippen molar-refractivity contribution >= 4 is 12.2 Å². The van der Waals surface area contributed by atoms with Crippen LogP contribution in [0.3, 0.4) is 0 Å². The molecule has 0 aliphatic rings. The fraction of sp³-hybridized carbons (Fsp3) is 0.304. The van der Waals surface area contributed by atoms with Gasteiger partial charge in [-0.25, -0.2) is 0 Å². The molecule has 25 heavy (non-hydrogen) atoms. The maximum atomic E-state index is 3.82. The highest BCUT2D eigenvalue weighted by molar-refractivity contribution is 5.47. The summed E-state index contributed by atoms with van der Waals surface area (Å²) in [5, 5.41) is 0. The smallest absolute Gasteiger partial charge is 0.207 e. The van der Waals surface area contributed by atoms with Crippen molar-refractivity contribution in [3.8, 4) is 0 Å². The van der Waals surface area contributed by atoms with E-state index in [9.17, 15) is 0 Å². The van der Waals surface area contributed by atoms with Crippen molar-refractivity contribution in [2.45, 2.75) is 13.1 Å². The van der Waals surface area contributed by atoms with Crippen molar-refractivity contribution in [3.05, 3.63) is 83.9 Å². The monoisotopic (exact) mass is 336 g/mol. The van der Waals surface area contributed by atoms with Crippen molar-refractivity contribution in [1.29, 1.82) is 0 Å². The quantitative estimate of drug-likeness (QED) is 0.480. The summed E-state index contributed by atoms with van der Waals surface area (Å²) in [5.74, 6) is 0. The Bertz CT molecular complexity index is 643. The zero-order chi connectivity index (χ0) is 18.5. The van der Waals surface area contributed by atoms with Crippen LogP contribution < -0.4 is 0 Å². The molecule has 0 atom stereocenters. The molecule has 2 heteroatoms. The van der Waals surface area contributed by atoms with E-state index in [1.165, 1.54) is 22.3 Å². The maximum Gasteiger partial charge on any atom is 0.207 e. The molecule has 0 saturated heterocycles. The molecule has 0 spiro atoms. The summed E-state index contributed by atoms with van der Waals surface area (Å²) >= 11 is 0. The number of rotatable bonds is 8. The van der Waals surface area contributed by atoms with E-state index in [-0.39, 0.29) is 0 Å². The van der Waals surface area contributed by atoms with Crippen LogP contribution in [-0.4, -0.2) is 43.8 Å². The van der Waals surface area contributed by atoms with Gasteiger partial charge in [0, 0.05) is 11.1 Å². The van der Waals surface area contributed by atoms with Crippen LogP contribution in [-0.2, 0) is 13.1 Å². The second-order valence-corrected chi connectivity index (χ2v) is 8.22. The van der Waals surface area contributed by atoms with Gasteiger partial charge in [-0.3, -0.25) is 8.97 Å². The average molecular weight is 337 g/mol. The Morgan fingerprint density at radius 1 is 0.640 bits per heavy atom. The van der Waals surface area contributed by atoms with Crippen LogP contribution in [0.1, 0.15) is 22.3 Å². The predicted octanol–water partition coefficient (Wildman–Crippen LogP) is 4.78. The molecule has 2 aromatic rings. The Morgan fingerprint density at radius 2 is 0.960 bits per heavy atom. The van der Waals surface area contributed by atoms with Gasteiger partial charge in [-0.2, -0.15) is 0 Å². The lowest BCUT2D eigenvalue weighted by molar-refractivity contribution is -1.08. The summed E-state index contributed by atoms with van der Waals surface area (Å²) in [6.45, 7) is 10.8. The molecule has 0 aliphatic carbocycles. The van der Waals surface area contributed by atoms with Gasteiger partial charge in [0.1, 0.15) is 13.1 Å². The van der Waals surface area contributed by atoms with Crippen LogP contribution in [0.5, 0.6) is 0 Å². The van der Waals surface area contributed by atoms with E-state index in [1.54, 1.807) is 0 Å². The first kappa shape index (κ1) is 19.2. The van der Waals surface area contributed by atoms with Gasteiger partial charge >= 0.3 is 0 Å². The highest BCUT2D eigenvalue weighted by Crippen LogP contribution is 2.17. The summed E-state index contributed by atoms with van der Waals surface area (Å²) in [4.78, 5) is 0. The maximum absolute atomic E-state index is 3.82. The molecule has 0 N–H and O–H groups in total. The second kappa shape index (κ2) is 7.81. The van der Waals surface area contributed by atoms with Crippen LogP contribution in [0.15, 0.2) is 61.7 Å². The van der Waals surface area contributed by atoms with Gasteiger partial charge in [0.2, 0.25) is 6.67 Å². The average Bonchev–Trinajstić information content (AvgIpc) is 2.54. The lowest BCUT2D eigenvalue weighted by atomic mass is 10.1. The van der Waals surface area contributed by atoms with Crippen molar-refractivity contribution in [1.82, 2.24) is 0 Å². The highest BCUT2D eigenvalue weighted by Gasteiger charge is 2.28. The fourth-order valence-electron chi connectivity index (χ4n) is 3.64. The first-order valence-corrected chi connectivity index (χ1v) is 8.80. The largest absolute Gasteiger partial charge is 0.278 e. The lowest BCUT2D eigenvalue weighted by Crippen LogP contribution is -2.54. The Hall–Kier alpha value is -2.16. The van der Waals surface area contributed by atoms with Crippen LogP contribution in [0.2, 0.25) is 0 Å². The molecule has 0 bridgehead atoms. The van der Waals surface area contributed by atoms with Crippen LogP contribution in [0.4, 0.5) is 0 Å². The molecule has 0 aliphatic heterocycles. The van der Waals surface area contributed by atoms with Crippen molar-refractivity contribution < 1.29 is 8.97 Å². The second-order valence-electron chi connectivity index (χ2n) is 8.22. The van der Waals surface area contributed by atoms with Gasteiger partial charge in [-0.15, -0.1) is 0 Å². The molecular weight excluding hydrogens is 304 g/mol. The third kappa shape index (κ3) is 6.00. The lowest BCUT2D eigenvalue weighted by Gasteiger charge is -2.39. The van der Waals surface area contributed by atoms with Crippen LogP contribution in [0.25, 0.3) is 12.2 Å². The molecule has 0 saturated carbocycles. The van der Waals surface area contributed by atoms with E-state index in [0.717, 1.165) is 28.7 Å². The van der Waals surface area contributed by atoms with Crippen molar-refractivity contribution in [2.75, 3.05) is 34.9 Å². The van der Waals surface area contributed by atoms with Gasteiger partial charge in [0.05, 0.1) is 28.2 Å². The topological polar surface area (TPSA) is 0 Å². The molecule has 0 radical (unpaired) electrons. The minimum absolute atomic E-state index is 0.950. The van der Waals surface area contributed by atoms with Crippen LogP contribution >= 0.6 is 0 Å². The minimum atomic E-state index is 0.950. The summed E-state index contributed by atoms with van der Waals surface area (Å²) in [6, 6.07) is 17.4. The van der Waals surface area contributed by atoms with Crippen molar-refractivity contribution in [2.24, 2.45) is 0 Å². The molecule has 132 valence electrons. The van der Waals surface area contributed by atoms with E-state index in [0.29, 0.717) is 0 Å². The zero-order valence-electron chi connectivity index (χ0n) is 16.2. The summed E-state index contributed by atoms with van der Waals surface area (Å²) in [6.07, 6.45) is 3.78. The standard InChI is InChI=1S/C23H32N2/c1-7-20-9-13-22(14-10-20)17-24(3,4)19-25(5,6)18-23-15-11-21(8-2)12-16-23/h7-16H,1-2,17-19H2,3-6H3/q+2. The zero-order valence-corrected chi connectivity index (χ0v) is 16.2. The highest BCUT2D eigenvalue weighted by atomic mass is 15.5. The molecule has 0 fully saturated rings. The Kier molecular flexibility index (Phi) is 5.99. The summed E-state index contributed by atoms with van der Waals surface area (Å²) in [7, 11) is 9.23. The number of benzene rings is 2. The first-order valence-electron chi connectivity index (χ1n) is 8.80. The summed E-state index contributed by atoms with van der Waals surface area (Å²) < 4.78 is 1.90. The molecule has 0 aromatic heterocycles. The molecule has 2 nitrogen and oxygen atoms in total. The van der Waals surface area contributed by atoms with Crippen molar-refractivity contribution in [3.63, 3.8) is 0 Å². The first-order chi connectivity index (χ1) is 11.7. The molecule has 2 rings (SSSR count). The number of hydrogen-bond acceptors (Lipinski definition) is 0. The third-order valence-corrected chi connectivity index (χ3v) is 4.42. The Morgan fingerprint density at radius 3 is 1.24 bits per heavy atom. The Balaban J connectivity index is 2.02. The number of hydrogen-bond donors (Lipinski definition) is 0. The van der Waals surface area contributed by atoms with E-state index in [2.05, 4.69) is 89.9 Å². The molecule has 0 amide bonds. The number of nitrogens with zero attached hydrogens (tertiary/aromatic N) is 2. The summed E-state index contributed by atoms with van der Waals surface area (Å²) in [5.41, 5.74) is 5.08. The van der Waals surface area contributed by atoms with Gasteiger partial charge in [0.25, 0.3) is 0 Å². The SMILES string of the molecule is C=Cc1ccc(C[N+](C)(C)C[N+](C)(C)Cc2ccc(C=C)cc2)cc1. The van der Waals surface area contributed by atoms with Gasteiger partial charge in [0.15, 0.2) is 0 Å². The van der Waals surface area contributed by atoms with Gasteiger partial charge in [-0.1, -0.05) is 73.8 Å². The van der Waals surface area contributed by atoms with Gasteiger partial charge < -0.3 is 0 Å². The van der Waals surface area contributed by atoms with E-state index >= 15 is 0 Å². The van der Waals surface area contributed by atoms with E-state index in [4.69, 9.17) is 0 Å².